The highest BCUT2D eigenvalue weighted by Crippen LogP contribution is 2.31. The Morgan fingerprint density at radius 1 is 1.25 bits per heavy atom. The quantitative estimate of drug-likeness (QED) is 0.747. The molecule has 1 aliphatic rings. The van der Waals surface area contributed by atoms with Crippen LogP contribution in [0.5, 0.6) is 0 Å². The summed E-state index contributed by atoms with van der Waals surface area (Å²) in [7, 11) is 0. The highest BCUT2D eigenvalue weighted by atomic mass is 14.9. The average molecular weight is 222 g/mol. The van der Waals surface area contributed by atoms with E-state index in [1.165, 1.54) is 38.5 Å². The van der Waals surface area contributed by atoms with Gasteiger partial charge in [0.15, 0.2) is 0 Å². The lowest BCUT2D eigenvalue weighted by Gasteiger charge is -2.29. The van der Waals surface area contributed by atoms with E-state index in [1.807, 2.05) is 0 Å². The first-order chi connectivity index (χ1) is 7.76. The van der Waals surface area contributed by atoms with Crippen LogP contribution in [-0.2, 0) is 0 Å². The normalized spacial score (nSPS) is 27.3. The number of nitrogens with one attached hydrogen (secondary N) is 1. The van der Waals surface area contributed by atoms with E-state index >= 15 is 0 Å². The Morgan fingerprint density at radius 2 is 1.88 bits per heavy atom. The van der Waals surface area contributed by atoms with Crippen LogP contribution in [0.25, 0.3) is 0 Å². The van der Waals surface area contributed by atoms with Crippen molar-refractivity contribution < 1.29 is 0 Å². The molecule has 2 heteroatoms. The third-order valence-corrected chi connectivity index (χ3v) is 3.82. The molecule has 0 aromatic carbocycles. The van der Waals surface area contributed by atoms with Crippen molar-refractivity contribution in [3.05, 3.63) is 0 Å². The summed E-state index contributed by atoms with van der Waals surface area (Å²) < 4.78 is 0. The molecule has 0 heterocycles. The first-order valence-corrected chi connectivity index (χ1v) is 6.86. The van der Waals surface area contributed by atoms with Crippen LogP contribution < -0.4 is 5.32 Å². The molecule has 1 N–H and O–H groups in total. The molecule has 16 heavy (non-hydrogen) atoms. The van der Waals surface area contributed by atoms with Gasteiger partial charge < -0.3 is 5.32 Å². The van der Waals surface area contributed by atoms with Gasteiger partial charge in [0.1, 0.15) is 0 Å². The molecule has 0 spiro atoms. The topological polar surface area (TPSA) is 35.8 Å². The summed E-state index contributed by atoms with van der Waals surface area (Å²) in [6.45, 7) is 5.50. The van der Waals surface area contributed by atoms with Gasteiger partial charge in [0, 0.05) is 6.04 Å². The lowest BCUT2D eigenvalue weighted by molar-refractivity contribution is 0.252. The average Bonchev–Trinajstić information content (AvgIpc) is 2.29. The molecule has 0 aromatic rings. The molecule has 1 fully saturated rings. The summed E-state index contributed by atoms with van der Waals surface area (Å²) in [4.78, 5) is 0. The largest absolute Gasteiger partial charge is 0.313 e. The van der Waals surface area contributed by atoms with Crippen LogP contribution in [0.15, 0.2) is 0 Å². The van der Waals surface area contributed by atoms with Crippen LogP contribution in [0.3, 0.4) is 0 Å². The summed E-state index contributed by atoms with van der Waals surface area (Å²) in [5.74, 6) is 1.85. The summed E-state index contributed by atoms with van der Waals surface area (Å²) in [5.41, 5.74) is 0. The van der Waals surface area contributed by atoms with Crippen LogP contribution in [0.2, 0.25) is 0 Å². The van der Waals surface area contributed by atoms with E-state index in [0.29, 0.717) is 12.5 Å². The summed E-state index contributed by atoms with van der Waals surface area (Å²) >= 11 is 0. The molecule has 0 amide bonds. The minimum atomic E-state index is 0.360. The minimum absolute atomic E-state index is 0.360. The standard InChI is InChI=1S/C14H26N2/c1-3-4-13-5-7-14(8-6-13)11-16-12(2)9-10-15/h12-14,16H,3-9,11H2,1-2H3. The highest BCUT2D eigenvalue weighted by Gasteiger charge is 2.20. The van der Waals surface area contributed by atoms with Gasteiger partial charge in [-0.15, -0.1) is 0 Å². The van der Waals surface area contributed by atoms with Crippen molar-refractivity contribution in [1.29, 1.82) is 5.26 Å². The van der Waals surface area contributed by atoms with Gasteiger partial charge in [0.2, 0.25) is 0 Å². The van der Waals surface area contributed by atoms with Crippen LogP contribution in [-0.4, -0.2) is 12.6 Å². The van der Waals surface area contributed by atoms with Gasteiger partial charge in [0.25, 0.3) is 0 Å². The van der Waals surface area contributed by atoms with Crippen molar-refractivity contribution >= 4 is 0 Å². The number of hydrogen-bond acceptors (Lipinski definition) is 2. The second-order valence-corrected chi connectivity index (χ2v) is 5.35. The fourth-order valence-electron chi connectivity index (χ4n) is 2.71. The second-order valence-electron chi connectivity index (χ2n) is 5.35. The molecule has 1 saturated carbocycles. The van der Waals surface area contributed by atoms with Crippen LogP contribution >= 0.6 is 0 Å². The third kappa shape index (κ3) is 4.99. The van der Waals surface area contributed by atoms with Gasteiger partial charge in [-0.2, -0.15) is 5.26 Å². The minimum Gasteiger partial charge on any atom is -0.313 e. The maximum Gasteiger partial charge on any atom is 0.0638 e. The summed E-state index contributed by atoms with van der Waals surface area (Å²) in [6, 6.07) is 2.58. The number of nitrogens with zero attached hydrogens (tertiary/aromatic N) is 1. The van der Waals surface area contributed by atoms with E-state index < -0.39 is 0 Å². The number of hydrogen-bond donors (Lipinski definition) is 1. The Morgan fingerprint density at radius 3 is 2.44 bits per heavy atom. The van der Waals surface area contributed by atoms with E-state index in [-0.39, 0.29) is 0 Å². The third-order valence-electron chi connectivity index (χ3n) is 3.82. The van der Waals surface area contributed by atoms with Crippen LogP contribution in [0.1, 0.15) is 58.8 Å². The van der Waals surface area contributed by atoms with Crippen LogP contribution in [0.4, 0.5) is 0 Å². The van der Waals surface area contributed by atoms with Gasteiger partial charge in [-0.3, -0.25) is 0 Å². The van der Waals surface area contributed by atoms with Gasteiger partial charge in [-0.25, -0.2) is 0 Å². The van der Waals surface area contributed by atoms with Gasteiger partial charge >= 0.3 is 0 Å². The Hall–Kier alpha value is -0.550. The molecule has 2 nitrogen and oxygen atoms in total. The fraction of sp³-hybridized carbons (Fsp3) is 0.929. The van der Waals surface area contributed by atoms with Crippen molar-refractivity contribution in [2.24, 2.45) is 11.8 Å². The molecule has 1 rings (SSSR count). The monoisotopic (exact) mass is 222 g/mol. The maximum absolute atomic E-state index is 8.58. The number of nitriles is 1. The summed E-state index contributed by atoms with van der Waals surface area (Å²) in [5, 5.41) is 12.1. The van der Waals surface area contributed by atoms with Crippen molar-refractivity contribution in [2.75, 3.05) is 6.54 Å². The molecule has 1 atom stereocenters. The van der Waals surface area contributed by atoms with Crippen molar-refractivity contribution in [2.45, 2.75) is 64.8 Å². The highest BCUT2D eigenvalue weighted by molar-refractivity contribution is 4.79. The lowest BCUT2D eigenvalue weighted by Crippen LogP contribution is -2.32. The lowest BCUT2D eigenvalue weighted by atomic mass is 9.80. The van der Waals surface area contributed by atoms with E-state index in [1.54, 1.807) is 0 Å². The Kier molecular flexibility index (Phi) is 6.49. The molecule has 0 radical (unpaired) electrons. The zero-order valence-electron chi connectivity index (χ0n) is 10.8. The molecular formula is C14H26N2. The predicted molar refractivity (Wildman–Crippen MR) is 68.1 cm³/mol. The second kappa shape index (κ2) is 7.68. The Labute approximate surface area is 100 Å². The molecule has 1 aliphatic carbocycles. The van der Waals surface area contributed by atoms with E-state index in [4.69, 9.17) is 5.26 Å². The van der Waals surface area contributed by atoms with E-state index in [9.17, 15) is 0 Å². The first-order valence-electron chi connectivity index (χ1n) is 6.86. The fourth-order valence-corrected chi connectivity index (χ4v) is 2.71. The molecule has 0 aliphatic heterocycles. The maximum atomic E-state index is 8.58. The van der Waals surface area contributed by atoms with Gasteiger partial charge in [-0.05, 0) is 38.1 Å². The van der Waals surface area contributed by atoms with Gasteiger partial charge in [0.05, 0.1) is 12.5 Å². The number of rotatable bonds is 6. The predicted octanol–water partition coefficient (Wildman–Crippen LogP) is 3.48. The molecule has 0 bridgehead atoms. The van der Waals surface area contributed by atoms with Crippen molar-refractivity contribution in [3.63, 3.8) is 0 Å². The van der Waals surface area contributed by atoms with Crippen LogP contribution in [0, 0.1) is 23.2 Å². The smallest absolute Gasteiger partial charge is 0.0638 e. The Bertz CT molecular complexity index is 211. The summed E-state index contributed by atoms with van der Waals surface area (Å²) in [6.07, 6.45) is 9.01. The zero-order valence-corrected chi connectivity index (χ0v) is 10.8. The molecule has 1 unspecified atom stereocenters. The van der Waals surface area contributed by atoms with Crippen molar-refractivity contribution in [1.82, 2.24) is 5.32 Å². The molecule has 0 saturated heterocycles. The van der Waals surface area contributed by atoms with E-state index in [0.717, 1.165) is 18.4 Å². The van der Waals surface area contributed by atoms with E-state index in [2.05, 4.69) is 25.2 Å². The molecule has 92 valence electrons. The SMILES string of the molecule is CCCC1CCC(CNC(C)CC#N)CC1. The zero-order chi connectivity index (χ0) is 11.8. The molecular weight excluding hydrogens is 196 g/mol. The Balaban J connectivity index is 2.10. The van der Waals surface area contributed by atoms with Gasteiger partial charge in [-0.1, -0.05) is 32.6 Å². The first kappa shape index (κ1) is 13.5. The van der Waals surface area contributed by atoms with Crippen molar-refractivity contribution in [3.8, 4) is 6.07 Å². The molecule has 0 aromatic heterocycles.